The Morgan fingerprint density at radius 1 is 0.608 bits per heavy atom. The van der Waals surface area contributed by atoms with E-state index < -0.39 is 32.5 Å². The van der Waals surface area contributed by atoms with Crippen molar-refractivity contribution in [1.29, 1.82) is 0 Å². The van der Waals surface area contributed by atoms with E-state index in [-0.39, 0.29) is 30.2 Å². The van der Waals surface area contributed by atoms with Crippen LogP contribution in [0.15, 0.2) is 24.3 Å². The normalized spacial score (nSPS) is 13.1. The van der Waals surface area contributed by atoms with Crippen molar-refractivity contribution >= 4 is 31.4 Å². The molecule has 0 saturated carbocycles. The van der Waals surface area contributed by atoms with Gasteiger partial charge in [-0.2, -0.15) is 0 Å². The Balaban J connectivity index is 2.35. The van der Waals surface area contributed by atoms with Gasteiger partial charge in [-0.1, -0.05) is 192 Å². The summed E-state index contributed by atoms with van der Waals surface area (Å²) in [4.78, 5) is 35.4. The van der Waals surface area contributed by atoms with Crippen molar-refractivity contribution in [3.8, 4) is 5.75 Å². The Kier molecular flexibility index (Phi) is 30.7. The molecule has 8 nitrogen and oxygen atoms in total. The number of carbonyl (C=O) groups excluding carboxylic acids is 2. The van der Waals surface area contributed by atoms with Crippen LogP contribution >= 0.6 is 19.4 Å². The molecular formula is C41H72ClO8P. The highest BCUT2D eigenvalue weighted by molar-refractivity contribution is 7.47. The molecule has 1 rings (SSSR count). The fourth-order valence-electron chi connectivity index (χ4n) is 6.04. The first kappa shape index (κ1) is 47.4. The van der Waals surface area contributed by atoms with E-state index in [9.17, 15) is 19.0 Å². The third kappa shape index (κ3) is 29.5. The molecule has 2 atom stereocenters. The second-order valence-corrected chi connectivity index (χ2v) is 15.9. The lowest BCUT2D eigenvalue weighted by molar-refractivity contribution is -0.161. The molecule has 0 aliphatic heterocycles. The molecule has 10 heteroatoms. The van der Waals surface area contributed by atoms with Crippen molar-refractivity contribution in [3.63, 3.8) is 0 Å². The SMILES string of the molecule is CCCCCCCCCCCCCCCC(=O)OC[C@H](COP(=O)(O)Oc1ccccc1Cl)OC(=O)CCCCCCCCCCCCCCC. The van der Waals surface area contributed by atoms with E-state index in [0.29, 0.717) is 6.42 Å². The number of rotatable bonds is 36. The van der Waals surface area contributed by atoms with Gasteiger partial charge in [0.2, 0.25) is 0 Å². The highest BCUT2D eigenvalue weighted by Gasteiger charge is 2.28. The van der Waals surface area contributed by atoms with E-state index >= 15 is 0 Å². The van der Waals surface area contributed by atoms with Gasteiger partial charge in [-0.15, -0.1) is 0 Å². The number of carbonyl (C=O) groups is 2. The van der Waals surface area contributed by atoms with E-state index in [1.165, 1.54) is 134 Å². The van der Waals surface area contributed by atoms with E-state index in [0.717, 1.165) is 38.5 Å². The summed E-state index contributed by atoms with van der Waals surface area (Å²) in [5.41, 5.74) is 0. The van der Waals surface area contributed by atoms with E-state index in [1.54, 1.807) is 12.1 Å². The fourth-order valence-corrected chi connectivity index (χ4v) is 7.08. The minimum atomic E-state index is -4.60. The topological polar surface area (TPSA) is 108 Å². The standard InChI is InChI=1S/C41H72ClO8P/c1-3-5-7-9-11-13-15-17-19-21-23-25-27-33-40(43)47-35-37(36-48-51(45,46)50-39-32-30-29-31-38(39)42)49-41(44)34-28-26-24-22-20-18-16-14-12-10-8-6-4-2/h29-32,37H,3-28,33-36H2,1-2H3,(H,45,46)/t37-/m1/s1. The molecule has 0 aliphatic rings. The summed E-state index contributed by atoms with van der Waals surface area (Å²) in [5, 5.41) is 0.151. The Labute approximate surface area is 316 Å². The molecule has 296 valence electrons. The zero-order valence-corrected chi connectivity index (χ0v) is 33.9. The average molecular weight is 759 g/mol. The van der Waals surface area contributed by atoms with Gasteiger partial charge in [-0.05, 0) is 25.0 Å². The highest BCUT2D eigenvalue weighted by Crippen LogP contribution is 2.45. The number of unbranched alkanes of at least 4 members (excludes halogenated alkanes) is 24. The smallest absolute Gasteiger partial charge is 0.462 e. The molecule has 1 N–H and O–H groups in total. The average Bonchev–Trinajstić information content (AvgIpc) is 3.11. The van der Waals surface area contributed by atoms with Crippen LogP contribution < -0.4 is 4.52 Å². The fraction of sp³-hybridized carbons (Fsp3) is 0.805. The van der Waals surface area contributed by atoms with Gasteiger partial charge < -0.3 is 14.0 Å². The molecule has 0 spiro atoms. The molecule has 0 aliphatic carbocycles. The Morgan fingerprint density at radius 3 is 1.43 bits per heavy atom. The summed E-state index contributed by atoms with van der Waals surface area (Å²) in [6.07, 6.45) is 30.9. The Bertz CT molecular complexity index is 1040. The van der Waals surface area contributed by atoms with Gasteiger partial charge in [-0.3, -0.25) is 19.0 Å². The van der Waals surface area contributed by atoms with Gasteiger partial charge in [0.1, 0.15) is 19.0 Å². The maximum Gasteiger partial charge on any atom is 0.527 e. The van der Waals surface area contributed by atoms with Crippen molar-refractivity contribution in [1.82, 2.24) is 0 Å². The van der Waals surface area contributed by atoms with E-state index in [4.69, 9.17) is 30.1 Å². The first-order chi connectivity index (χ1) is 24.8. The molecule has 51 heavy (non-hydrogen) atoms. The number of esters is 2. The third-order valence-corrected chi connectivity index (χ3v) is 10.4. The lowest BCUT2D eigenvalue weighted by Gasteiger charge is -2.20. The molecule has 0 fully saturated rings. The first-order valence-electron chi connectivity index (χ1n) is 20.5. The molecule has 0 heterocycles. The monoisotopic (exact) mass is 758 g/mol. The summed E-state index contributed by atoms with van der Waals surface area (Å²) in [6, 6.07) is 6.24. The van der Waals surface area contributed by atoms with Gasteiger partial charge in [0.15, 0.2) is 6.10 Å². The van der Waals surface area contributed by atoms with Crippen molar-refractivity contribution in [2.45, 2.75) is 200 Å². The lowest BCUT2D eigenvalue weighted by Crippen LogP contribution is -2.29. The second kappa shape index (κ2) is 33.0. The largest absolute Gasteiger partial charge is 0.527 e. The Hall–Kier alpha value is -1.60. The Morgan fingerprint density at radius 2 is 1.00 bits per heavy atom. The maximum absolute atomic E-state index is 12.7. The maximum atomic E-state index is 12.7. The number of phosphoric ester groups is 1. The molecule has 1 unspecified atom stereocenters. The summed E-state index contributed by atoms with van der Waals surface area (Å²) in [6.45, 7) is 3.74. The summed E-state index contributed by atoms with van der Waals surface area (Å²) in [5.74, 6) is -0.862. The van der Waals surface area contributed by atoms with Crippen LogP contribution in [-0.2, 0) is 28.2 Å². The number of hydrogen-bond acceptors (Lipinski definition) is 7. The molecule has 0 saturated heterocycles. The molecule has 0 radical (unpaired) electrons. The predicted molar refractivity (Wildman–Crippen MR) is 209 cm³/mol. The van der Waals surface area contributed by atoms with Crippen LogP contribution in [0.1, 0.15) is 194 Å². The van der Waals surface area contributed by atoms with E-state index in [1.807, 2.05) is 0 Å². The van der Waals surface area contributed by atoms with Gasteiger partial charge >= 0.3 is 19.8 Å². The number of ether oxygens (including phenoxy) is 2. The van der Waals surface area contributed by atoms with Crippen LogP contribution in [0.25, 0.3) is 0 Å². The second-order valence-electron chi connectivity index (χ2n) is 14.1. The number of hydrogen-bond donors (Lipinski definition) is 1. The predicted octanol–water partition coefficient (Wildman–Crippen LogP) is 13.3. The van der Waals surface area contributed by atoms with Gasteiger partial charge in [-0.25, -0.2) is 4.57 Å². The van der Waals surface area contributed by atoms with Gasteiger partial charge in [0, 0.05) is 12.8 Å². The molecule has 0 bridgehead atoms. The molecule has 1 aromatic carbocycles. The number of halogens is 1. The molecular weight excluding hydrogens is 687 g/mol. The van der Waals surface area contributed by atoms with Crippen molar-refractivity contribution in [3.05, 3.63) is 29.3 Å². The lowest BCUT2D eigenvalue weighted by atomic mass is 10.0. The van der Waals surface area contributed by atoms with E-state index in [2.05, 4.69) is 13.8 Å². The first-order valence-corrected chi connectivity index (χ1v) is 22.4. The van der Waals surface area contributed by atoms with Gasteiger partial charge in [0.05, 0.1) is 5.02 Å². The molecule has 0 amide bonds. The summed E-state index contributed by atoms with van der Waals surface area (Å²) < 4.78 is 33.8. The quantitative estimate of drug-likeness (QED) is 0.0409. The van der Waals surface area contributed by atoms with Crippen LogP contribution in [0.5, 0.6) is 5.75 Å². The van der Waals surface area contributed by atoms with Gasteiger partial charge in [0.25, 0.3) is 0 Å². The van der Waals surface area contributed by atoms with Crippen molar-refractivity contribution in [2.24, 2.45) is 0 Å². The number of para-hydroxylation sites is 1. The van der Waals surface area contributed by atoms with Crippen LogP contribution in [-0.4, -0.2) is 36.1 Å². The van der Waals surface area contributed by atoms with Crippen LogP contribution in [0, 0.1) is 0 Å². The third-order valence-electron chi connectivity index (χ3n) is 9.17. The van der Waals surface area contributed by atoms with Crippen LogP contribution in [0.3, 0.4) is 0 Å². The summed E-state index contributed by atoms with van der Waals surface area (Å²) >= 11 is 6.05. The summed E-state index contributed by atoms with van der Waals surface area (Å²) in [7, 11) is -4.60. The number of benzene rings is 1. The van der Waals surface area contributed by atoms with Crippen molar-refractivity contribution in [2.75, 3.05) is 13.2 Å². The van der Waals surface area contributed by atoms with Crippen LogP contribution in [0.4, 0.5) is 0 Å². The minimum absolute atomic E-state index is 0.00909. The number of phosphoric acid groups is 1. The molecule has 1 aromatic rings. The molecule has 0 aromatic heterocycles. The zero-order chi connectivity index (χ0) is 37.3. The van der Waals surface area contributed by atoms with Crippen molar-refractivity contribution < 1.29 is 37.6 Å². The van der Waals surface area contributed by atoms with Crippen LogP contribution in [0.2, 0.25) is 5.02 Å². The minimum Gasteiger partial charge on any atom is -0.462 e. The zero-order valence-electron chi connectivity index (χ0n) is 32.2. The highest BCUT2D eigenvalue weighted by atomic mass is 35.5.